The van der Waals surface area contributed by atoms with E-state index >= 15 is 0 Å². The number of benzene rings is 2. The van der Waals surface area contributed by atoms with Crippen LogP contribution in [0, 0.1) is 13.8 Å². The Morgan fingerprint density at radius 2 is 1.76 bits per heavy atom. The van der Waals surface area contributed by atoms with Crippen molar-refractivity contribution in [2.75, 3.05) is 10.2 Å². The number of thiophene rings is 1. The van der Waals surface area contributed by atoms with Gasteiger partial charge < -0.3 is 5.32 Å². The van der Waals surface area contributed by atoms with Gasteiger partial charge in [-0.15, -0.1) is 11.3 Å². The monoisotopic (exact) mass is 442 g/mol. The van der Waals surface area contributed by atoms with Gasteiger partial charge in [0.15, 0.2) is 0 Å². The lowest BCUT2D eigenvalue weighted by Crippen LogP contribution is -2.32. The molecule has 0 aliphatic carbocycles. The SMILES string of the molecule is Cc1ccc(NC2=C(c3cccs3)C(=O)N(c3cc(Cl)ccc3Cl)C2=O)c(C)c1. The Hall–Kier alpha value is -2.60. The van der Waals surface area contributed by atoms with E-state index in [1.807, 2.05) is 49.6 Å². The van der Waals surface area contributed by atoms with Crippen LogP contribution in [0.2, 0.25) is 10.0 Å². The topological polar surface area (TPSA) is 49.4 Å². The summed E-state index contributed by atoms with van der Waals surface area (Å²) < 4.78 is 0. The quantitative estimate of drug-likeness (QED) is 0.498. The second-order valence-electron chi connectivity index (χ2n) is 6.71. The van der Waals surface area contributed by atoms with Crippen molar-refractivity contribution >= 4 is 63.3 Å². The highest BCUT2D eigenvalue weighted by atomic mass is 35.5. The number of rotatable bonds is 4. The van der Waals surface area contributed by atoms with Crippen molar-refractivity contribution in [1.29, 1.82) is 0 Å². The van der Waals surface area contributed by atoms with Gasteiger partial charge in [-0.05, 0) is 55.1 Å². The number of nitrogens with one attached hydrogen (secondary N) is 1. The number of imide groups is 1. The molecule has 2 aromatic carbocycles. The fourth-order valence-electron chi connectivity index (χ4n) is 3.26. The molecule has 2 amide bonds. The number of anilines is 2. The molecule has 0 atom stereocenters. The lowest BCUT2D eigenvalue weighted by molar-refractivity contribution is -0.120. The smallest absolute Gasteiger partial charge is 0.282 e. The molecule has 1 aliphatic rings. The lowest BCUT2D eigenvalue weighted by atomic mass is 10.1. The van der Waals surface area contributed by atoms with Crippen LogP contribution < -0.4 is 10.2 Å². The minimum Gasteiger partial charge on any atom is -0.350 e. The van der Waals surface area contributed by atoms with Crippen LogP contribution in [0.15, 0.2) is 59.6 Å². The van der Waals surface area contributed by atoms with E-state index in [1.54, 1.807) is 12.1 Å². The highest BCUT2D eigenvalue weighted by molar-refractivity contribution is 7.11. The van der Waals surface area contributed by atoms with Gasteiger partial charge in [0, 0.05) is 15.6 Å². The van der Waals surface area contributed by atoms with Gasteiger partial charge in [-0.3, -0.25) is 9.59 Å². The number of carbonyl (C=O) groups is 2. The number of nitrogens with zero attached hydrogens (tertiary/aromatic N) is 1. The second-order valence-corrected chi connectivity index (χ2v) is 8.50. The lowest BCUT2D eigenvalue weighted by Gasteiger charge is -2.17. The van der Waals surface area contributed by atoms with Crippen LogP contribution in [0.5, 0.6) is 0 Å². The standard InChI is InChI=1S/C22H16Cl2N2O2S/c1-12-5-8-16(13(2)10-12)25-20-19(18-4-3-9-29-18)21(27)26(22(20)28)17-11-14(23)6-7-15(17)24/h3-11,25H,1-2H3. The van der Waals surface area contributed by atoms with Crippen LogP contribution in [0.3, 0.4) is 0 Å². The Morgan fingerprint density at radius 1 is 0.966 bits per heavy atom. The first-order valence-corrected chi connectivity index (χ1v) is 10.5. The third-order valence-electron chi connectivity index (χ3n) is 4.64. The van der Waals surface area contributed by atoms with Crippen molar-refractivity contribution < 1.29 is 9.59 Å². The van der Waals surface area contributed by atoms with Gasteiger partial charge in [-0.1, -0.05) is 47.0 Å². The summed E-state index contributed by atoms with van der Waals surface area (Å²) in [6.45, 7) is 3.95. The average Bonchev–Trinajstić information content (AvgIpc) is 3.27. The van der Waals surface area contributed by atoms with Gasteiger partial charge >= 0.3 is 0 Å². The van der Waals surface area contributed by atoms with E-state index in [0.717, 1.165) is 21.7 Å². The van der Waals surface area contributed by atoms with Crippen LogP contribution in [0.25, 0.3) is 5.57 Å². The zero-order valence-electron chi connectivity index (χ0n) is 15.6. The normalized spacial score (nSPS) is 14.1. The van der Waals surface area contributed by atoms with E-state index in [9.17, 15) is 9.59 Å². The Labute approximate surface area is 182 Å². The van der Waals surface area contributed by atoms with Gasteiger partial charge in [0.2, 0.25) is 0 Å². The van der Waals surface area contributed by atoms with Gasteiger partial charge in [-0.25, -0.2) is 4.90 Å². The summed E-state index contributed by atoms with van der Waals surface area (Å²) in [5.41, 5.74) is 3.66. The molecule has 0 saturated heterocycles. The van der Waals surface area contributed by atoms with Crippen LogP contribution >= 0.6 is 34.5 Å². The minimum atomic E-state index is -0.470. The predicted octanol–water partition coefficient (Wildman–Crippen LogP) is 6.07. The van der Waals surface area contributed by atoms with Crippen LogP contribution in [0.1, 0.15) is 16.0 Å². The maximum Gasteiger partial charge on any atom is 0.282 e. The van der Waals surface area contributed by atoms with Crippen molar-refractivity contribution in [2.24, 2.45) is 0 Å². The van der Waals surface area contributed by atoms with Crippen LogP contribution in [-0.2, 0) is 9.59 Å². The first-order chi connectivity index (χ1) is 13.9. The number of halogens is 2. The Kier molecular flexibility index (Phi) is 5.21. The van der Waals surface area contributed by atoms with Crippen molar-refractivity contribution in [2.45, 2.75) is 13.8 Å². The molecule has 1 aromatic heterocycles. The molecule has 4 rings (SSSR count). The Bertz CT molecular complexity index is 1170. The molecule has 0 unspecified atom stereocenters. The molecular weight excluding hydrogens is 427 g/mol. The molecule has 0 spiro atoms. The van der Waals surface area contributed by atoms with E-state index in [4.69, 9.17) is 23.2 Å². The molecule has 4 nitrogen and oxygen atoms in total. The third-order valence-corrected chi connectivity index (χ3v) is 6.08. The fraction of sp³-hybridized carbons (Fsp3) is 0.0909. The number of amides is 2. The largest absolute Gasteiger partial charge is 0.350 e. The summed E-state index contributed by atoms with van der Waals surface area (Å²) >= 11 is 13.8. The van der Waals surface area contributed by atoms with Crippen LogP contribution in [0.4, 0.5) is 11.4 Å². The number of hydrogen-bond acceptors (Lipinski definition) is 4. The summed E-state index contributed by atoms with van der Waals surface area (Å²) in [4.78, 5) is 28.5. The number of hydrogen-bond donors (Lipinski definition) is 1. The summed E-state index contributed by atoms with van der Waals surface area (Å²) in [7, 11) is 0. The highest BCUT2D eigenvalue weighted by Gasteiger charge is 2.41. The molecule has 1 aliphatic heterocycles. The van der Waals surface area contributed by atoms with E-state index in [2.05, 4.69) is 5.32 Å². The summed E-state index contributed by atoms with van der Waals surface area (Å²) in [5.74, 6) is -0.906. The van der Waals surface area contributed by atoms with E-state index in [0.29, 0.717) is 15.5 Å². The zero-order chi connectivity index (χ0) is 20.7. The first-order valence-electron chi connectivity index (χ1n) is 8.83. The van der Waals surface area contributed by atoms with Gasteiger partial charge in [0.1, 0.15) is 5.70 Å². The molecule has 1 N–H and O–H groups in total. The molecule has 146 valence electrons. The van der Waals surface area contributed by atoms with Gasteiger partial charge in [0.25, 0.3) is 11.8 Å². The van der Waals surface area contributed by atoms with Crippen molar-refractivity contribution in [3.05, 3.63) is 85.7 Å². The molecule has 0 saturated carbocycles. The zero-order valence-corrected chi connectivity index (χ0v) is 18.0. The summed E-state index contributed by atoms with van der Waals surface area (Å²) in [6, 6.07) is 14.2. The van der Waals surface area contributed by atoms with E-state index in [-0.39, 0.29) is 16.4 Å². The van der Waals surface area contributed by atoms with Crippen LogP contribution in [-0.4, -0.2) is 11.8 Å². The van der Waals surface area contributed by atoms with E-state index in [1.165, 1.54) is 17.4 Å². The predicted molar refractivity (Wildman–Crippen MR) is 120 cm³/mol. The molecule has 3 aromatic rings. The number of carbonyl (C=O) groups excluding carboxylic acids is 2. The maximum absolute atomic E-state index is 13.4. The maximum atomic E-state index is 13.4. The molecule has 0 radical (unpaired) electrons. The third kappa shape index (κ3) is 3.57. The van der Waals surface area contributed by atoms with Crippen molar-refractivity contribution in [3.8, 4) is 0 Å². The van der Waals surface area contributed by atoms with Crippen molar-refractivity contribution in [1.82, 2.24) is 0 Å². The Morgan fingerprint density at radius 3 is 2.45 bits per heavy atom. The second kappa shape index (κ2) is 7.67. The fourth-order valence-corrected chi connectivity index (χ4v) is 4.40. The molecule has 0 bridgehead atoms. The first kappa shape index (κ1) is 19.7. The highest BCUT2D eigenvalue weighted by Crippen LogP contribution is 2.39. The summed E-state index contributed by atoms with van der Waals surface area (Å²) in [6.07, 6.45) is 0. The average molecular weight is 443 g/mol. The van der Waals surface area contributed by atoms with Crippen molar-refractivity contribution in [3.63, 3.8) is 0 Å². The molecule has 0 fully saturated rings. The molecular formula is C22H16Cl2N2O2S. The van der Waals surface area contributed by atoms with Gasteiger partial charge in [-0.2, -0.15) is 0 Å². The summed E-state index contributed by atoms with van der Waals surface area (Å²) in [5, 5.41) is 5.71. The number of aryl methyl sites for hydroxylation is 2. The Balaban J connectivity index is 1.84. The van der Waals surface area contributed by atoms with Gasteiger partial charge in [0.05, 0.1) is 16.3 Å². The van der Waals surface area contributed by atoms with E-state index < -0.39 is 11.8 Å². The molecule has 29 heavy (non-hydrogen) atoms. The molecule has 7 heteroatoms. The minimum absolute atomic E-state index is 0.223. The molecule has 2 heterocycles.